The Morgan fingerprint density at radius 3 is 2.33 bits per heavy atom. The summed E-state index contributed by atoms with van der Waals surface area (Å²) in [6.45, 7) is 2.05. The van der Waals surface area contributed by atoms with Crippen LogP contribution in [0.15, 0.2) is 89.1 Å². The zero-order valence-electron chi connectivity index (χ0n) is 26.9. The van der Waals surface area contributed by atoms with Gasteiger partial charge in [0.05, 0.1) is 5.56 Å². The highest BCUT2D eigenvalue weighted by Gasteiger charge is 2.34. The molecule has 0 atom stereocenters. The van der Waals surface area contributed by atoms with Gasteiger partial charge in [0.2, 0.25) is 11.8 Å². The van der Waals surface area contributed by atoms with E-state index in [1.165, 1.54) is 29.6 Å². The Morgan fingerprint density at radius 1 is 0.941 bits per heavy atom. The van der Waals surface area contributed by atoms with Gasteiger partial charge in [-0.05, 0) is 30.2 Å². The number of nitrogens with one attached hydrogen (secondary N) is 2. The molecule has 258 valence electrons. The van der Waals surface area contributed by atoms with Crippen LogP contribution in [0.25, 0.3) is 44.3 Å². The van der Waals surface area contributed by atoms with Crippen LogP contribution in [0, 0.1) is 0 Å². The number of alkyl halides is 3. The van der Waals surface area contributed by atoms with Crippen molar-refractivity contribution < 1.29 is 31.9 Å². The van der Waals surface area contributed by atoms with E-state index in [0.29, 0.717) is 23.2 Å². The highest BCUT2D eigenvalue weighted by molar-refractivity contribution is 7.13. The van der Waals surface area contributed by atoms with Gasteiger partial charge in [0.15, 0.2) is 11.8 Å². The third kappa shape index (κ3) is 6.85. The number of hydrogen-bond acceptors (Lipinski definition) is 10. The standard InChI is InChI=1S/C35H27F3N8O4S/c1-3-40-33(47)43-28-13-25(32-42-27(18-51-32)35(36,37)38)26(16-41-28)19-12-20(15-39-14-19)31-45-44-29(49-31)17-46(2)34(48)50-30-23-10-6-4-8-21(23)22-9-5-7-11-24(22)30/h4-16,18,30H,3,17H2,1-2H3,(H2,40,41,43,47). The van der Waals surface area contributed by atoms with Crippen molar-refractivity contribution >= 4 is 29.3 Å². The molecule has 0 aliphatic heterocycles. The van der Waals surface area contributed by atoms with E-state index in [0.717, 1.165) is 39.0 Å². The highest BCUT2D eigenvalue weighted by Crippen LogP contribution is 2.45. The van der Waals surface area contributed by atoms with Crippen LogP contribution in [-0.4, -0.2) is 55.8 Å². The minimum absolute atomic E-state index is 0.0469. The molecule has 0 saturated heterocycles. The lowest BCUT2D eigenvalue weighted by Crippen LogP contribution is -2.28. The SMILES string of the molecule is CCNC(=O)Nc1cc(-c2nc(C(F)(F)F)cs2)c(-c2cncc(-c3nnc(CN(C)C(=O)OC4c5ccccc5-c5ccccc54)o3)c2)cn1. The molecule has 7 rings (SSSR count). The van der Waals surface area contributed by atoms with Gasteiger partial charge in [-0.1, -0.05) is 48.5 Å². The molecule has 0 saturated carbocycles. The number of carbonyl (C=O) groups excluding carboxylic acids is 2. The van der Waals surface area contributed by atoms with E-state index in [1.54, 1.807) is 20.0 Å². The third-order valence-corrected chi connectivity index (χ3v) is 8.83. The summed E-state index contributed by atoms with van der Waals surface area (Å²) in [6.07, 6.45) is -1.40. The minimum Gasteiger partial charge on any atom is -0.436 e. The third-order valence-electron chi connectivity index (χ3n) is 7.95. The highest BCUT2D eigenvalue weighted by atomic mass is 32.1. The number of aromatic nitrogens is 5. The van der Waals surface area contributed by atoms with Crippen molar-refractivity contribution in [1.82, 2.24) is 35.4 Å². The van der Waals surface area contributed by atoms with E-state index in [4.69, 9.17) is 9.15 Å². The Labute approximate surface area is 292 Å². The van der Waals surface area contributed by atoms with Crippen molar-refractivity contribution in [3.8, 4) is 44.3 Å². The van der Waals surface area contributed by atoms with E-state index in [2.05, 4.69) is 35.8 Å². The molecule has 2 N–H and O–H groups in total. The molecule has 16 heteroatoms. The summed E-state index contributed by atoms with van der Waals surface area (Å²) in [5, 5.41) is 14.4. The van der Waals surface area contributed by atoms with E-state index in [1.807, 2.05) is 48.5 Å². The van der Waals surface area contributed by atoms with Crippen LogP contribution in [0.2, 0.25) is 0 Å². The topological polar surface area (TPSA) is 148 Å². The van der Waals surface area contributed by atoms with Crippen LogP contribution in [-0.2, 0) is 17.5 Å². The zero-order valence-corrected chi connectivity index (χ0v) is 27.7. The molecule has 0 spiro atoms. The lowest BCUT2D eigenvalue weighted by atomic mass is 10.0. The number of anilines is 1. The fourth-order valence-electron chi connectivity index (χ4n) is 5.61. The number of ether oxygens (including phenoxy) is 1. The molecule has 1 aliphatic rings. The minimum atomic E-state index is -4.64. The zero-order chi connectivity index (χ0) is 35.7. The monoisotopic (exact) mass is 712 g/mol. The first kappa shape index (κ1) is 33.3. The second-order valence-electron chi connectivity index (χ2n) is 11.4. The molecule has 6 aromatic rings. The molecule has 1 aliphatic carbocycles. The molecule has 12 nitrogen and oxygen atoms in total. The van der Waals surface area contributed by atoms with Crippen molar-refractivity contribution in [1.29, 1.82) is 0 Å². The van der Waals surface area contributed by atoms with E-state index >= 15 is 0 Å². The van der Waals surface area contributed by atoms with Gasteiger partial charge in [-0.3, -0.25) is 10.3 Å². The predicted molar refractivity (Wildman–Crippen MR) is 181 cm³/mol. The van der Waals surface area contributed by atoms with Crippen molar-refractivity contribution in [3.05, 3.63) is 107 Å². The maximum absolute atomic E-state index is 13.4. The molecule has 2 aromatic carbocycles. The fraction of sp³-hybridized carbons (Fsp3) is 0.171. The number of urea groups is 1. The lowest BCUT2D eigenvalue weighted by Gasteiger charge is -2.20. The van der Waals surface area contributed by atoms with E-state index in [-0.39, 0.29) is 34.7 Å². The summed E-state index contributed by atoms with van der Waals surface area (Å²) in [5.41, 5.74) is 4.32. The number of halogens is 3. The summed E-state index contributed by atoms with van der Waals surface area (Å²) in [5.74, 6) is 0.336. The molecule has 0 bridgehead atoms. The Bertz CT molecular complexity index is 2210. The lowest BCUT2D eigenvalue weighted by molar-refractivity contribution is -0.140. The van der Waals surface area contributed by atoms with Crippen LogP contribution < -0.4 is 10.6 Å². The molecular formula is C35H27F3N8O4S. The van der Waals surface area contributed by atoms with Gasteiger partial charge in [0.25, 0.3) is 0 Å². The normalized spacial score (nSPS) is 12.3. The number of amides is 3. The first-order valence-electron chi connectivity index (χ1n) is 15.5. The second-order valence-corrected chi connectivity index (χ2v) is 12.3. The number of rotatable bonds is 8. The van der Waals surface area contributed by atoms with Gasteiger partial charge >= 0.3 is 18.3 Å². The quantitative estimate of drug-likeness (QED) is 0.161. The number of benzene rings is 2. The van der Waals surface area contributed by atoms with Gasteiger partial charge in [-0.15, -0.1) is 21.5 Å². The summed E-state index contributed by atoms with van der Waals surface area (Å²) in [6, 6.07) is 18.1. The molecule has 4 aromatic heterocycles. The number of thiazole rings is 1. The van der Waals surface area contributed by atoms with Gasteiger partial charge in [0.1, 0.15) is 17.4 Å². The van der Waals surface area contributed by atoms with Crippen molar-refractivity contribution in [2.45, 2.75) is 25.7 Å². The fourth-order valence-corrected chi connectivity index (χ4v) is 6.47. The number of hydrogen-bond donors (Lipinski definition) is 2. The number of fused-ring (bicyclic) bond motifs is 3. The molecular weight excluding hydrogens is 685 g/mol. The summed E-state index contributed by atoms with van der Waals surface area (Å²) in [4.78, 5) is 39.1. The molecule has 0 unspecified atom stereocenters. The van der Waals surface area contributed by atoms with E-state index in [9.17, 15) is 22.8 Å². The average Bonchev–Trinajstić information content (AvgIpc) is 3.88. The number of pyridine rings is 2. The maximum atomic E-state index is 13.4. The van der Waals surface area contributed by atoms with Gasteiger partial charge < -0.3 is 19.4 Å². The first-order chi connectivity index (χ1) is 24.6. The van der Waals surface area contributed by atoms with Crippen molar-refractivity contribution in [3.63, 3.8) is 0 Å². The number of carbonyl (C=O) groups is 2. The van der Waals surface area contributed by atoms with Crippen LogP contribution in [0.4, 0.5) is 28.6 Å². The second kappa shape index (κ2) is 13.6. The summed E-state index contributed by atoms with van der Waals surface area (Å²) in [7, 11) is 1.56. The van der Waals surface area contributed by atoms with Crippen LogP contribution >= 0.6 is 11.3 Å². The Balaban J connectivity index is 1.11. The van der Waals surface area contributed by atoms with Crippen molar-refractivity contribution in [2.75, 3.05) is 18.9 Å². The van der Waals surface area contributed by atoms with Crippen LogP contribution in [0.1, 0.15) is 35.7 Å². The first-order valence-corrected chi connectivity index (χ1v) is 16.4. The number of nitrogens with zero attached hydrogens (tertiary/aromatic N) is 6. The Kier molecular flexibility index (Phi) is 8.91. The maximum Gasteiger partial charge on any atom is 0.434 e. The van der Waals surface area contributed by atoms with Crippen LogP contribution in [0.5, 0.6) is 0 Å². The molecule has 0 radical (unpaired) electrons. The molecule has 0 fully saturated rings. The molecule has 4 heterocycles. The smallest absolute Gasteiger partial charge is 0.434 e. The average molecular weight is 713 g/mol. The summed E-state index contributed by atoms with van der Waals surface area (Å²) >= 11 is 0.800. The largest absolute Gasteiger partial charge is 0.436 e. The predicted octanol–water partition coefficient (Wildman–Crippen LogP) is 7.82. The Morgan fingerprint density at radius 2 is 1.65 bits per heavy atom. The van der Waals surface area contributed by atoms with Gasteiger partial charge in [-0.2, -0.15) is 13.2 Å². The van der Waals surface area contributed by atoms with E-state index < -0.39 is 30.1 Å². The van der Waals surface area contributed by atoms with Gasteiger partial charge in [-0.25, -0.2) is 19.6 Å². The molecule has 51 heavy (non-hydrogen) atoms. The summed E-state index contributed by atoms with van der Waals surface area (Å²) < 4.78 is 52.2. The van der Waals surface area contributed by atoms with Crippen molar-refractivity contribution in [2.24, 2.45) is 0 Å². The molecule has 3 amide bonds. The van der Waals surface area contributed by atoms with Gasteiger partial charge in [0, 0.05) is 65.4 Å². The Hall–Kier alpha value is -6.16. The van der Waals surface area contributed by atoms with Crippen LogP contribution in [0.3, 0.4) is 0 Å².